The van der Waals surface area contributed by atoms with Gasteiger partial charge in [-0.15, -0.1) is 0 Å². The van der Waals surface area contributed by atoms with Gasteiger partial charge in [0.2, 0.25) is 0 Å². The number of hydrogen-bond donors (Lipinski definition) is 1. The lowest BCUT2D eigenvalue weighted by Crippen LogP contribution is -2.22. The van der Waals surface area contributed by atoms with E-state index in [2.05, 4.69) is 45.1 Å². The number of nitrogens with zero attached hydrogens (tertiary/aromatic N) is 2. The van der Waals surface area contributed by atoms with Crippen LogP contribution in [0.1, 0.15) is 30.4 Å². The Morgan fingerprint density at radius 1 is 1.48 bits per heavy atom. The molecule has 2 N–H and O–H groups in total. The normalized spacial score (nSPS) is 20.1. The molecule has 0 amide bonds. The van der Waals surface area contributed by atoms with Crippen molar-refractivity contribution >= 4 is 27.9 Å². The maximum absolute atomic E-state index is 5.66. The van der Waals surface area contributed by atoms with Crippen molar-refractivity contribution in [3.8, 4) is 0 Å². The molecule has 5 heteroatoms. The molecule has 0 saturated carbocycles. The quantitative estimate of drug-likeness (QED) is 0.502. The molecule has 0 spiro atoms. The molecule has 1 aliphatic rings. The van der Waals surface area contributed by atoms with Crippen LogP contribution in [0.5, 0.6) is 0 Å². The minimum absolute atomic E-state index is 0.252. The smallest absolute Gasteiger partial charge is 0.0822 e. The van der Waals surface area contributed by atoms with Crippen LogP contribution in [0.15, 0.2) is 32.8 Å². The van der Waals surface area contributed by atoms with Crippen LogP contribution in [-0.2, 0) is 11.2 Å². The summed E-state index contributed by atoms with van der Waals surface area (Å²) in [4.78, 5) is 4.44. The average Bonchev–Trinajstić information content (AvgIpc) is 2.51. The van der Waals surface area contributed by atoms with Crippen LogP contribution in [0.4, 0.5) is 0 Å². The van der Waals surface area contributed by atoms with Crippen LogP contribution < -0.4 is 5.84 Å². The SMILES string of the molecule is Cc1ccc(Br)cc1C/C(C=NCC1CCCCO1)=N/N. The number of hydrogen-bond acceptors (Lipinski definition) is 4. The number of halogens is 1. The van der Waals surface area contributed by atoms with Crippen LogP contribution in [-0.4, -0.2) is 31.2 Å². The third-order valence-electron chi connectivity index (χ3n) is 3.67. The first kappa shape index (κ1) is 16.2. The van der Waals surface area contributed by atoms with Gasteiger partial charge in [-0.05, 0) is 49.4 Å². The van der Waals surface area contributed by atoms with E-state index in [0.29, 0.717) is 13.0 Å². The number of ether oxygens (including phenoxy) is 1. The van der Waals surface area contributed by atoms with Gasteiger partial charge in [0, 0.05) is 23.7 Å². The first-order valence-electron chi connectivity index (χ1n) is 7.32. The molecule has 1 saturated heterocycles. The van der Waals surface area contributed by atoms with E-state index in [0.717, 1.165) is 29.6 Å². The summed E-state index contributed by atoms with van der Waals surface area (Å²) in [5, 5.41) is 3.85. The number of benzene rings is 1. The molecular weight excluding hydrogens is 330 g/mol. The van der Waals surface area contributed by atoms with Gasteiger partial charge < -0.3 is 10.6 Å². The third-order valence-corrected chi connectivity index (χ3v) is 4.17. The Kier molecular flexibility index (Phi) is 6.39. The zero-order valence-corrected chi connectivity index (χ0v) is 14.0. The van der Waals surface area contributed by atoms with Crippen LogP contribution in [0.25, 0.3) is 0 Å². The zero-order valence-electron chi connectivity index (χ0n) is 12.4. The number of nitrogens with two attached hydrogens (primary N) is 1. The molecule has 0 aromatic heterocycles. The van der Waals surface area contributed by atoms with E-state index in [1.165, 1.54) is 17.5 Å². The van der Waals surface area contributed by atoms with Gasteiger partial charge in [0.25, 0.3) is 0 Å². The Hall–Kier alpha value is -1.20. The predicted octanol–water partition coefficient (Wildman–Crippen LogP) is 3.25. The van der Waals surface area contributed by atoms with Gasteiger partial charge in [0.15, 0.2) is 0 Å². The lowest BCUT2D eigenvalue weighted by Gasteiger charge is -2.20. The van der Waals surface area contributed by atoms with Crippen LogP contribution in [0.3, 0.4) is 0 Å². The molecule has 1 heterocycles. The maximum Gasteiger partial charge on any atom is 0.0822 e. The summed E-state index contributed by atoms with van der Waals surface area (Å²) >= 11 is 3.49. The largest absolute Gasteiger partial charge is 0.376 e. The van der Waals surface area contributed by atoms with Gasteiger partial charge in [-0.2, -0.15) is 5.10 Å². The first-order valence-corrected chi connectivity index (χ1v) is 8.11. The second kappa shape index (κ2) is 8.29. The molecule has 114 valence electrons. The summed E-state index contributed by atoms with van der Waals surface area (Å²) in [6.07, 6.45) is 6.21. The molecule has 1 aromatic rings. The van der Waals surface area contributed by atoms with Crippen LogP contribution >= 0.6 is 15.9 Å². The standard InChI is InChI=1S/C16H22BrN3O/c1-12-5-6-14(17)8-13(12)9-15(20-18)10-19-11-16-4-2-3-7-21-16/h5-6,8,10,16H,2-4,7,9,11,18H2,1H3/b19-10?,20-15-. The van der Waals surface area contributed by atoms with Gasteiger partial charge in [-0.1, -0.05) is 22.0 Å². The molecular formula is C16H22BrN3O. The fourth-order valence-corrected chi connectivity index (χ4v) is 2.79. The topological polar surface area (TPSA) is 60.0 Å². The van der Waals surface area contributed by atoms with Crippen molar-refractivity contribution in [3.05, 3.63) is 33.8 Å². The Morgan fingerprint density at radius 2 is 2.33 bits per heavy atom. The van der Waals surface area contributed by atoms with Gasteiger partial charge in [0.1, 0.15) is 0 Å². The predicted molar refractivity (Wildman–Crippen MR) is 91.2 cm³/mol. The van der Waals surface area contributed by atoms with E-state index in [-0.39, 0.29) is 6.10 Å². The summed E-state index contributed by atoms with van der Waals surface area (Å²) < 4.78 is 6.72. The van der Waals surface area contributed by atoms with E-state index < -0.39 is 0 Å². The fraction of sp³-hybridized carbons (Fsp3) is 0.500. The highest BCUT2D eigenvalue weighted by atomic mass is 79.9. The molecule has 0 bridgehead atoms. The monoisotopic (exact) mass is 351 g/mol. The Bertz CT molecular complexity index is 522. The molecule has 2 rings (SSSR count). The third kappa shape index (κ3) is 5.25. The Balaban J connectivity index is 1.92. The summed E-state index contributed by atoms with van der Waals surface area (Å²) in [6.45, 7) is 3.63. The first-order chi connectivity index (χ1) is 10.2. The van der Waals surface area contributed by atoms with E-state index in [1.807, 2.05) is 6.07 Å². The summed E-state index contributed by atoms with van der Waals surface area (Å²) in [6, 6.07) is 6.21. The van der Waals surface area contributed by atoms with Gasteiger partial charge in [-0.25, -0.2) is 0 Å². The van der Waals surface area contributed by atoms with Gasteiger partial charge >= 0.3 is 0 Å². The van der Waals surface area contributed by atoms with Gasteiger partial charge in [0.05, 0.1) is 18.4 Å². The lowest BCUT2D eigenvalue weighted by molar-refractivity contribution is 0.0226. The number of aliphatic imine (C=N–C) groups is 1. The Labute approximate surface area is 134 Å². The molecule has 1 unspecified atom stereocenters. The molecule has 4 nitrogen and oxygen atoms in total. The second-order valence-electron chi connectivity index (χ2n) is 5.35. The maximum atomic E-state index is 5.66. The molecule has 0 aliphatic carbocycles. The number of aryl methyl sites for hydroxylation is 1. The summed E-state index contributed by atoms with van der Waals surface area (Å²) in [5.74, 6) is 5.48. The van der Waals surface area contributed by atoms with E-state index in [9.17, 15) is 0 Å². The molecule has 1 aromatic carbocycles. The number of hydrazone groups is 1. The van der Waals surface area contributed by atoms with E-state index >= 15 is 0 Å². The Morgan fingerprint density at radius 3 is 3.05 bits per heavy atom. The average molecular weight is 352 g/mol. The highest BCUT2D eigenvalue weighted by Crippen LogP contribution is 2.17. The van der Waals surface area contributed by atoms with Crippen LogP contribution in [0, 0.1) is 6.92 Å². The molecule has 0 radical (unpaired) electrons. The fourth-order valence-electron chi connectivity index (χ4n) is 2.38. The van der Waals surface area contributed by atoms with Crippen molar-refractivity contribution in [3.63, 3.8) is 0 Å². The highest BCUT2D eigenvalue weighted by molar-refractivity contribution is 9.10. The second-order valence-corrected chi connectivity index (χ2v) is 6.27. The van der Waals surface area contributed by atoms with E-state index in [1.54, 1.807) is 6.21 Å². The van der Waals surface area contributed by atoms with Crippen molar-refractivity contribution in [2.45, 2.75) is 38.7 Å². The summed E-state index contributed by atoms with van der Waals surface area (Å²) in [5.41, 5.74) is 3.21. The molecule has 21 heavy (non-hydrogen) atoms. The summed E-state index contributed by atoms with van der Waals surface area (Å²) in [7, 11) is 0. The molecule has 1 atom stereocenters. The van der Waals surface area contributed by atoms with Crippen molar-refractivity contribution in [2.24, 2.45) is 15.9 Å². The van der Waals surface area contributed by atoms with Crippen molar-refractivity contribution in [1.82, 2.24) is 0 Å². The lowest BCUT2D eigenvalue weighted by atomic mass is 10.0. The van der Waals surface area contributed by atoms with E-state index in [4.69, 9.17) is 10.6 Å². The molecule has 1 aliphatic heterocycles. The zero-order chi connectivity index (χ0) is 15.1. The number of rotatable bonds is 5. The van der Waals surface area contributed by atoms with Crippen molar-refractivity contribution < 1.29 is 4.74 Å². The van der Waals surface area contributed by atoms with Crippen LogP contribution in [0.2, 0.25) is 0 Å². The van der Waals surface area contributed by atoms with Crippen molar-refractivity contribution in [1.29, 1.82) is 0 Å². The minimum atomic E-state index is 0.252. The minimum Gasteiger partial charge on any atom is -0.376 e. The van der Waals surface area contributed by atoms with Crippen molar-refractivity contribution in [2.75, 3.05) is 13.2 Å². The van der Waals surface area contributed by atoms with Gasteiger partial charge in [-0.3, -0.25) is 4.99 Å². The molecule has 1 fully saturated rings. The highest BCUT2D eigenvalue weighted by Gasteiger charge is 2.12.